The summed E-state index contributed by atoms with van der Waals surface area (Å²) in [5, 5.41) is 11.7. The van der Waals surface area contributed by atoms with E-state index in [1.54, 1.807) is 11.3 Å². The van der Waals surface area contributed by atoms with Crippen molar-refractivity contribution in [3.63, 3.8) is 0 Å². The van der Waals surface area contributed by atoms with E-state index < -0.39 is 12.0 Å². The van der Waals surface area contributed by atoms with Gasteiger partial charge in [0.2, 0.25) is 0 Å². The molecule has 110 valence electrons. The predicted molar refractivity (Wildman–Crippen MR) is 84.6 cm³/mol. The molecule has 0 spiro atoms. The van der Waals surface area contributed by atoms with Crippen LogP contribution in [0.5, 0.6) is 0 Å². The third kappa shape index (κ3) is 2.61. The smallest absolute Gasteiger partial charge is 0.321 e. The van der Waals surface area contributed by atoms with Crippen LogP contribution in [0, 0.1) is 6.92 Å². The largest absolute Gasteiger partial charge is 0.480 e. The fraction of sp³-hybridized carbons (Fsp3) is 0.353. The van der Waals surface area contributed by atoms with Crippen molar-refractivity contribution in [3.8, 4) is 0 Å². The Morgan fingerprint density at radius 2 is 2.05 bits per heavy atom. The second-order valence-corrected chi connectivity index (χ2v) is 6.59. The van der Waals surface area contributed by atoms with Gasteiger partial charge in [-0.15, -0.1) is 11.3 Å². The maximum atomic E-state index is 11.7. The zero-order valence-electron chi connectivity index (χ0n) is 12.2. The lowest BCUT2D eigenvalue weighted by molar-refractivity contribution is -0.145. The summed E-state index contributed by atoms with van der Waals surface area (Å²) in [6.45, 7) is 4.91. The molecule has 1 aromatic carbocycles. The minimum Gasteiger partial charge on any atom is -0.480 e. The van der Waals surface area contributed by atoms with Crippen LogP contribution in [-0.2, 0) is 17.8 Å². The molecule has 4 heteroatoms. The summed E-state index contributed by atoms with van der Waals surface area (Å²) in [5.74, 6) is -0.731. The van der Waals surface area contributed by atoms with E-state index in [4.69, 9.17) is 0 Å². The molecule has 0 saturated heterocycles. The zero-order valence-corrected chi connectivity index (χ0v) is 13.1. The summed E-state index contributed by atoms with van der Waals surface area (Å²) in [4.78, 5) is 15.1. The lowest BCUT2D eigenvalue weighted by Gasteiger charge is -2.38. The lowest BCUT2D eigenvalue weighted by atomic mass is 9.92. The molecule has 1 aliphatic heterocycles. The Hall–Kier alpha value is -1.65. The van der Waals surface area contributed by atoms with Gasteiger partial charge >= 0.3 is 5.97 Å². The topological polar surface area (TPSA) is 40.5 Å². The van der Waals surface area contributed by atoms with Crippen molar-refractivity contribution in [3.05, 3.63) is 57.3 Å². The summed E-state index contributed by atoms with van der Waals surface area (Å²) < 4.78 is 0. The van der Waals surface area contributed by atoms with Gasteiger partial charge in [0.15, 0.2) is 0 Å². The van der Waals surface area contributed by atoms with Gasteiger partial charge in [0.05, 0.1) is 0 Å². The minimum absolute atomic E-state index is 0.124. The highest BCUT2D eigenvalue weighted by atomic mass is 32.1. The van der Waals surface area contributed by atoms with E-state index in [9.17, 15) is 9.90 Å². The molecule has 1 N–H and O–H groups in total. The highest BCUT2D eigenvalue weighted by molar-refractivity contribution is 7.10. The molecule has 0 amide bonds. The summed E-state index contributed by atoms with van der Waals surface area (Å²) >= 11 is 1.71. The Labute approximate surface area is 128 Å². The number of benzene rings is 1. The van der Waals surface area contributed by atoms with Gasteiger partial charge in [-0.1, -0.05) is 24.3 Å². The highest BCUT2D eigenvalue weighted by Gasteiger charge is 2.35. The van der Waals surface area contributed by atoms with E-state index in [0.29, 0.717) is 13.0 Å². The number of carbonyl (C=O) groups is 1. The first-order chi connectivity index (χ1) is 10.1. The van der Waals surface area contributed by atoms with Crippen molar-refractivity contribution in [1.29, 1.82) is 0 Å². The van der Waals surface area contributed by atoms with Crippen molar-refractivity contribution in [2.75, 3.05) is 0 Å². The molecule has 1 aliphatic rings. The fourth-order valence-electron chi connectivity index (χ4n) is 3.14. The summed E-state index contributed by atoms with van der Waals surface area (Å²) in [6.07, 6.45) is 0.584. The number of thiophene rings is 1. The van der Waals surface area contributed by atoms with Crippen LogP contribution in [0.2, 0.25) is 0 Å². The van der Waals surface area contributed by atoms with E-state index in [0.717, 1.165) is 5.56 Å². The van der Waals surface area contributed by atoms with Crippen molar-refractivity contribution in [2.45, 2.75) is 38.9 Å². The van der Waals surface area contributed by atoms with Gasteiger partial charge in [0.1, 0.15) is 6.04 Å². The maximum Gasteiger partial charge on any atom is 0.321 e. The van der Waals surface area contributed by atoms with Crippen LogP contribution < -0.4 is 0 Å². The second-order valence-electron chi connectivity index (χ2n) is 5.64. The Kier molecular flexibility index (Phi) is 3.83. The molecule has 0 saturated carbocycles. The molecule has 1 aromatic heterocycles. The third-order valence-electron chi connectivity index (χ3n) is 4.35. The first-order valence-electron chi connectivity index (χ1n) is 7.17. The molecule has 21 heavy (non-hydrogen) atoms. The van der Waals surface area contributed by atoms with Crippen molar-refractivity contribution >= 4 is 17.3 Å². The molecule has 3 nitrogen and oxygen atoms in total. The van der Waals surface area contributed by atoms with E-state index in [2.05, 4.69) is 36.3 Å². The third-order valence-corrected chi connectivity index (χ3v) is 5.54. The molecule has 0 aliphatic carbocycles. The van der Waals surface area contributed by atoms with Gasteiger partial charge in [-0.3, -0.25) is 9.69 Å². The van der Waals surface area contributed by atoms with Gasteiger partial charge in [0.25, 0.3) is 0 Å². The van der Waals surface area contributed by atoms with E-state index >= 15 is 0 Å². The molecular formula is C17H19NO2S. The highest BCUT2D eigenvalue weighted by Crippen LogP contribution is 2.34. The van der Waals surface area contributed by atoms with Crippen LogP contribution in [0.15, 0.2) is 35.7 Å². The molecule has 2 atom stereocenters. The van der Waals surface area contributed by atoms with Crippen LogP contribution in [0.4, 0.5) is 0 Å². The van der Waals surface area contributed by atoms with Gasteiger partial charge in [-0.25, -0.2) is 0 Å². The molecule has 3 rings (SSSR count). The quantitative estimate of drug-likeness (QED) is 0.941. The van der Waals surface area contributed by atoms with Gasteiger partial charge in [-0.05, 0) is 48.4 Å². The normalized spacial score (nSPS) is 20.0. The van der Waals surface area contributed by atoms with Gasteiger partial charge < -0.3 is 5.11 Å². The Balaban J connectivity index is 1.96. The van der Waals surface area contributed by atoms with Crippen LogP contribution >= 0.6 is 11.3 Å². The summed E-state index contributed by atoms with van der Waals surface area (Å²) in [7, 11) is 0. The first-order valence-corrected chi connectivity index (χ1v) is 8.05. The predicted octanol–water partition coefficient (Wildman–Crippen LogP) is 3.63. The Bertz CT molecular complexity index is 664. The van der Waals surface area contributed by atoms with E-state index in [-0.39, 0.29) is 6.04 Å². The monoisotopic (exact) mass is 301 g/mol. The van der Waals surface area contributed by atoms with Crippen molar-refractivity contribution in [2.24, 2.45) is 0 Å². The summed E-state index contributed by atoms with van der Waals surface area (Å²) in [6, 6.07) is 9.94. The maximum absolute atomic E-state index is 11.7. The Morgan fingerprint density at radius 3 is 2.67 bits per heavy atom. The van der Waals surface area contributed by atoms with Crippen LogP contribution in [0.25, 0.3) is 0 Å². The van der Waals surface area contributed by atoms with Gasteiger partial charge in [-0.2, -0.15) is 0 Å². The molecule has 2 unspecified atom stereocenters. The second kappa shape index (κ2) is 5.62. The number of nitrogens with zero attached hydrogens (tertiary/aromatic N) is 1. The van der Waals surface area contributed by atoms with Crippen LogP contribution in [0.3, 0.4) is 0 Å². The number of rotatable bonds is 3. The van der Waals surface area contributed by atoms with Crippen molar-refractivity contribution in [1.82, 2.24) is 4.90 Å². The van der Waals surface area contributed by atoms with Gasteiger partial charge in [0, 0.05) is 17.5 Å². The first kappa shape index (κ1) is 14.3. The zero-order chi connectivity index (χ0) is 15.0. The lowest BCUT2D eigenvalue weighted by Crippen LogP contribution is -2.46. The minimum atomic E-state index is -0.731. The van der Waals surface area contributed by atoms with Crippen LogP contribution in [-0.4, -0.2) is 22.0 Å². The molecular weight excluding hydrogens is 282 g/mol. The Morgan fingerprint density at radius 1 is 1.33 bits per heavy atom. The SMILES string of the molecule is Cc1ccsc1C(C)N1Cc2ccccc2CC1C(=O)O. The molecule has 2 heterocycles. The number of fused-ring (bicyclic) bond motifs is 1. The number of aryl methyl sites for hydroxylation is 1. The molecule has 0 bridgehead atoms. The number of carboxylic acids is 1. The number of carboxylic acid groups (broad SMARTS) is 1. The number of hydrogen-bond acceptors (Lipinski definition) is 3. The van der Waals surface area contributed by atoms with E-state index in [1.807, 2.05) is 18.2 Å². The average Bonchev–Trinajstić information content (AvgIpc) is 2.91. The standard InChI is InChI=1S/C17H19NO2S/c1-11-7-8-21-16(11)12(2)18-10-14-6-4-3-5-13(14)9-15(18)17(19)20/h3-8,12,15H,9-10H2,1-2H3,(H,19,20). The molecule has 0 radical (unpaired) electrons. The van der Waals surface area contributed by atoms with Crippen LogP contribution in [0.1, 0.15) is 34.5 Å². The number of aliphatic carboxylic acids is 1. The van der Waals surface area contributed by atoms with E-state index in [1.165, 1.54) is 16.0 Å². The molecule has 0 fully saturated rings. The average molecular weight is 301 g/mol. The molecule has 2 aromatic rings. The fourth-order valence-corrected chi connectivity index (χ4v) is 4.15. The summed E-state index contributed by atoms with van der Waals surface area (Å²) in [5.41, 5.74) is 3.66. The number of hydrogen-bond donors (Lipinski definition) is 1. The van der Waals surface area contributed by atoms with Crippen molar-refractivity contribution < 1.29 is 9.90 Å².